The average Bonchev–Trinajstić information content (AvgIpc) is 3.22. The number of hydrogen-bond acceptors (Lipinski definition) is 5. The van der Waals surface area contributed by atoms with Gasteiger partial charge >= 0.3 is 0 Å². The predicted molar refractivity (Wildman–Crippen MR) is 132 cm³/mol. The van der Waals surface area contributed by atoms with Crippen LogP contribution in [-0.4, -0.2) is 34.4 Å². The van der Waals surface area contributed by atoms with Gasteiger partial charge in [-0.15, -0.1) is 11.8 Å². The number of allylic oxidation sites excluding steroid dienone is 2. The zero-order valence-corrected chi connectivity index (χ0v) is 18.9. The first kappa shape index (κ1) is 19.9. The molecule has 3 atom stereocenters. The van der Waals surface area contributed by atoms with Gasteiger partial charge < -0.3 is 9.84 Å². The first-order valence-corrected chi connectivity index (χ1v) is 12.7. The van der Waals surface area contributed by atoms with Gasteiger partial charge in [0.1, 0.15) is 23.0 Å². The summed E-state index contributed by atoms with van der Waals surface area (Å²) >= 11 is 1.73. The number of nitrogens with zero attached hydrogens (tertiary/aromatic N) is 2. The Morgan fingerprint density at radius 3 is 2.91 bits per heavy atom. The van der Waals surface area contributed by atoms with Gasteiger partial charge in [-0.2, -0.15) is 0 Å². The van der Waals surface area contributed by atoms with Crippen LogP contribution in [-0.2, 0) is 6.42 Å². The van der Waals surface area contributed by atoms with Gasteiger partial charge in [-0.25, -0.2) is 4.99 Å². The van der Waals surface area contributed by atoms with Crippen molar-refractivity contribution in [2.24, 2.45) is 9.98 Å². The quantitative estimate of drug-likeness (QED) is 0.644. The largest absolute Gasteiger partial charge is 0.507 e. The maximum atomic E-state index is 10.3. The van der Waals surface area contributed by atoms with Crippen LogP contribution < -0.4 is 4.74 Å². The summed E-state index contributed by atoms with van der Waals surface area (Å²) in [5.74, 6) is 2.35. The van der Waals surface area contributed by atoms with E-state index in [1.165, 1.54) is 22.3 Å². The highest BCUT2D eigenvalue weighted by Gasteiger charge is 2.39. The van der Waals surface area contributed by atoms with Crippen LogP contribution in [0.2, 0.25) is 0 Å². The summed E-state index contributed by atoms with van der Waals surface area (Å²) in [5.41, 5.74) is 7.34. The van der Waals surface area contributed by atoms with E-state index in [0.717, 1.165) is 43.6 Å². The van der Waals surface area contributed by atoms with E-state index in [-0.39, 0.29) is 17.2 Å². The molecule has 32 heavy (non-hydrogen) atoms. The fourth-order valence-electron chi connectivity index (χ4n) is 5.41. The first-order valence-electron chi connectivity index (χ1n) is 11.4. The number of benzene rings is 2. The van der Waals surface area contributed by atoms with Crippen LogP contribution in [0, 0.1) is 0 Å². The van der Waals surface area contributed by atoms with E-state index in [1.807, 2.05) is 18.2 Å². The third-order valence-corrected chi connectivity index (χ3v) is 7.81. The lowest BCUT2D eigenvalue weighted by molar-refractivity contribution is 0.243. The Balaban J connectivity index is 1.34. The second-order valence-corrected chi connectivity index (χ2v) is 9.84. The van der Waals surface area contributed by atoms with E-state index in [4.69, 9.17) is 14.7 Å². The summed E-state index contributed by atoms with van der Waals surface area (Å²) in [4.78, 5) is 9.72. The molecule has 0 spiro atoms. The number of aliphatic imine (C=N–C) groups is 2. The fourth-order valence-corrected chi connectivity index (χ4v) is 5.94. The van der Waals surface area contributed by atoms with Gasteiger partial charge in [-0.3, -0.25) is 4.99 Å². The molecule has 0 radical (unpaired) electrons. The van der Waals surface area contributed by atoms with Crippen LogP contribution >= 0.6 is 11.8 Å². The first-order chi connectivity index (χ1) is 15.7. The third kappa shape index (κ3) is 3.30. The van der Waals surface area contributed by atoms with Crippen LogP contribution in [0.4, 0.5) is 0 Å². The second kappa shape index (κ2) is 7.96. The molecule has 0 amide bonds. The van der Waals surface area contributed by atoms with Crippen LogP contribution in [0.15, 0.2) is 64.1 Å². The van der Waals surface area contributed by atoms with Crippen LogP contribution in [0.25, 0.3) is 6.08 Å². The second-order valence-electron chi connectivity index (χ2n) is 8.83. The number of thioether (sulfide) groups is 1. The Kier molecular flexibility index (Phi) is 4.94. The maximum Gasteiger partial charge on any atom is 0.159 e. The minimum absolute atomic E-state index is 0.0778. The molecule has 4 nitrogen and oxygen atoms in total. The molecule has 162 valence electrons. The van der Waals surface area contributed by atoms with Crippen molar-refractivity contribution in [2.45, 2.75) is 49.5 Å². The Bertz CT molecular complexity index is 1210. The van der Waals surface area contributed by atoms with Crippen molar-refractivity contribution in [2.75, 3.05) is 6.26 Å². The monoisotopic (exact) mass is 442 g/mol. The predicted octanol–water partition coefficient (Wildman–Crippen LogP) is 5.90. The van der Waals surface area contributed by atoms with Gasteiger partial charge in [-0.05, 0) is 72.9 Å². The molecule has 4 aliphatic rings. The molecule has 2 aliphatic carbocycles. The van der Waals surface area contributed by atoms with Gasteiger partial charge in [0, 0.05) is 23.6 Å². The molecule has 2 aliphatic heterocycles. The summed E-state index contributed by atoms with van der Waals surface area (Å²) < 4.78 is 6.45. The zero-order chi connectivity index (χ0) is 21.7. The van der Waals surface area contributed by atoms with E-state index in [0.29, 0.717) is 17.3 Å². The lowest BCUT2D eigenvalue weighted by Gasteiger charge is -2.28. The number of fused-ring (bicyclic) bond motifs is 5. The Hall–Kier alpha value is -2.79. The highest BCUT2D eigenvalue weighted by atomic mass is 32.2. The molecule has 3 unspecified atom stereocenters. The number of phenolic OH excluding ortho intramolecular Hbond substituents is 1. The molecule has 0 saturated heterocycles. The van der Waals surface area contributed by atoms with Gasteiger partial charge in [-0.1, -0.05) is 30.4 Å². The Morgan fingerprint density at radius 1 is 1.12 bits per heavy atom. The van der Waals surface area contributed by atoms with Crippen LogP contribution in [0.5, 0.6) is 11.5 Å². The molecule has 2 aromatic rings. The molecule has 2 aromatic carbocycles. The van der Waals surface area contributed by atoms with Gasteiger partial charge in [0.15, 0.2) is 5.84 Å². The van der Waals surface area contributed by atoms with Crippen LogP contribution in [0.1, 0.15) is 53.9 Å². The lowest BCUT2D eigenvalue weighted by Crippen LogP contribution is -2.26. The minimum Gasteiger partial charge on any atom is -0.507 e. The maximum absolute atomic E-state index is 10.3. The number of aromatic hydroxyl groups is 1. The lowest BCUT2D eigenvalue weighted by atomic mass is 9.78. The van der Waals surface area contributed by atoms with E-state index in [2.05, 4.69) is 36.6 Å². The number of phenols is 1. The summed E-state index contributed by atoms with van der Waals surface area (Å²) in [5, 5.41) is 10.4. The van der Waals surface area contributed by atoms with Crippen LogP contribution in [0.3, 0.4) is 0 Å². The SMILES string of the molecule is CSC1CC(C2=CC3Oc4ccc5c(c4C3CC2)CCC=C5)=NC(c2ccccc2O)=N1. The fraction of sp³-hybridized carbons (Fsp3) is 0.333. The normalized spacial score (nSPS) is 25.7. The van der Waals surface area contributed by atoms with Gasteiger partial charge in [0.05, 0.1) is 5.56 Å². The molecule has 0 fully saturated rings. The smallest absolute Gasteiger partial charge is 0.159 e. The summed E-state index contributed by atoms with van der Waals surface area (Å²) in [6.45, 7) is 0. The van der Waals surface area contributed by atoms with Crippen molar-refractivity contribution in [3.05, 3.63) is 76.4 Å². The van der Waals surface area contributed by atoms with Crippen molar-refractivity contribution in [1.82, 2.24) is 0 Å². The average molecular weight is 443 g/mol. The van der Waals surface area contributed by atoms with E-state index in [9.17, 15) is 5.11 Å². The van der Waals surface area contributed by atoms with Gasteiger partial charge in [0.2, 0.25) is 0 Å². The number of para-hydroxylation sites is 1. The third-order valence-electron chi connectivity index (χ3n) is 7.00. The molecule has 0 aromatic heterocycles. The highest BCUT2D eigenvalue weighted by Crippen LogP contribution is 2.48. The Labute approximate surface area is 192 Å². The molecule has 0 bridgehead atoms. The summed E-state index contributed by atoms with van der Waals surface area (Å²) in [6, 6.07) is 11.7. The molecule has 0 saturated carbocycles. The molecular formula is C27H26N2O2S. The van der Waals surface area contributed by atoms with Crippen molar-refractivity contribution in [1.29, 1.82) is 0 Å². The molecule has 5 heteroatoms. The van der Waals surface area contributed by atoms with Crippen molar-refractivity contribution < 1.29 is 9.84 Å². The molecular weight excluding hydrogens is 416 g/mol. The standard InChI is InChI=1S/C27H26N2O2S/c1-32-25-15-21(28-27(29-25)19-8-4-5-9-22(19)30)17-10-12-20-24(14-17)31-23-13-11-16-6-2-3-7-18(16)26(20)23/h2,4-6,8-9,11,13-14,20,24-25,30H,3,7,10,12,15H2,1H3. The number of amidine groups is 1. The van der Waals surface area contributed by atoms with Crippen molar-refractivity contribution >= 4 is 29.4 Å². The summed E-state index contributed by atoms with van der Waals surface area (Å²) in [6.07, 6.45) is 14.1. The van der Waals surface area contributed by atoms with Crippen molar-refractivity contribution in [3.8, 4) is 11.5 Å². The van der Waals surface area contributed by atoms with Gasteiger partial charge in [0.25, 0.3) is 0 Å². The molecule has 1 N–H and O–H groups in total. The van der Waals surface area contributed by atoms with Crippen molar-refractivity contribution in [3.63, 3.8) is 0 Å². The Morgan fingerprint density at radius 2 is 2.03 bits per heavy atom. The number of hydrogen-bond donors (Lipinski definition) is 1. The number of ether oxygens (including phenoxy) is 1. The topological polar surface area (TPSA) is 54.2 Å². The minimum atomic E-state index is 0.0778. The highest BCUT2D eigenvalue weighted by molar-refractivity contribution is 7.99. The van der Waals surface area contributed by atoms with E-state index >= 15 is 0 Å². The van der Waals surface area contributed by atoms with E-state index in [1.54, 1.807) is 17.8 Å². The molecule has 2 heterocycles. The zero-order valence-electron chi connectivity index (χ0n) is 18.1. The summed E-state index contributed by atoms with van der Waals surface area (Å²) in [7, 11) is 0. The van der Waals surface area contributed by atoms with E-state index < -0.39 is 0 Å². The molecule has 6 rings (SSSR count). The number of rotatable bonds is 3.